The monoisotopic (exact) mass is 285 g/mol. The third-order valence-corrected chi connectivity index (χ3v) is 3.29. The number of carbonyl (C=O) groups excluding carboxylic acids is 2. The van der Waals surface area contributed by atoms with Crippen LogP contribution in [-0.2, 0) is 14.3 Å². The molecule has 5 heteroatoms. The summed E-state index contributed by atoms with van der Waals surface area (Å²) in [5, 5.41) is 2.72. The molecule has 2 atom stereocenters. The van der Waals surface area contributed by atoms with E-state index in [0.717, 1.165) is 0 Å². The van der Waals surface area contributed by atoms with Crippen LogP contribution in [0.25, 0.3) is 0 Å². The Morgan fingerprint density at radius 1 is 1.20 bits per heavy atom. The molecule has 0 aliphatic carbocycles. The molecule has 0 saturated carbocycles. The molecule has 1 fully saturated rings. The number of hydrogen-bond acceptors (Lipinski definition) is 4. The Morgan fingerprint density at radius 2 is 1.80 bits per heavy atom. The summed E-state index contributed by atoms with van der Waals surface area (Å²) in [5.41, 5.74) is -0.878. The van der Waals surface area contributed by atoms with Crippen molar-refractivity contribution in [2.75, 3.05) is 13.2 Å². The summed E-state index contributed by atoms with van der Waals surface area (Å²) in [6, 6.07) is -0.572. The predicted molar refractivity (Wildman–Crippen MR) is 76.5 cm³/mol. The van der Waals surface area contributed by atoms with E-state index >= 15 is 0 Å². The van der Waals surface area contributed by atoms with E-state index in [-0.39, 0.29) is 17.3 Å². The average molecular weight is 285 g/mol. The second kappa shape index (κ2) is 6.12. The molecule has 1 N–H and O–H groups in total. The lowest BCUT2D eigenvalue weighted by Gasteiger charge is -2.34. The van der Waals surface area contributed by atoms with Crippen molar-refractivity contribution in [2.24, 2.45) is 10.8 Å². The van der Waals surface area contributed by atoms with Gasteiger partial charge in [-0.05, 0) is 5.41 Å². The van der Waals surface area contributed by atoms with Crippen LogP contribution in [0.3, 0.4) is 0 Å². The number of ketones is 1. The van der Waals surface area contributed by atoms with Crippen molar-refractivity contribution in [3.63, 3.8) is 0 Å². The number of carbonyl (C=O) groups is 2. The van der Waals surface area contributed by atoms with E-state index in [0.29, 0.717) is 19.6 Å². The van der Waals surface area contributed by atoms with Crippen molar-refractivity contribution in [1.82, 2.24) is 5.32 Å². The SMILES string of the molecule is CC(C)(C)C(=O)C(NC(=O)OC1CCOC1)C(C)(C)C. The van der Waals surface area contributed by atoms with Crippen LogP contribution in [0.5, 0.6) is 0 Å². The van der Waals surface area contributed by atoms with Gasteiger partial charge in [-0.3, -0.25) is 4.79 Å². The summed E-state index contributed by atoms with van der Waals surface area (Å²) >= 11 is 0. The number of rotatable bonds is 3. The molecule has 0 aromatic heterocycles. The highest BCUT2D eigenvalue weighted by atomic mass is 16.6. The van der Waals surface area contributed by atoms with Gasteiger partial charge in [0.25, 0.3) is 0 Å². The highest BCUT2D eigenvalue weighted by molar-refractivity contribution is 5.92. The van der Waals surface area contributed by atoms with Crippen LogP contribution in [-0.4, -0.2) is 37.2 Å². The van der Waals surface area contributed by atoms with Gasteiger partial charge in [0, 0.05) is 11.8 Å². The molecule has 1 aliphatic heterocycles. The van der Waals surface area contributed by atoms with E-state index in [1.807, 2.05) is 41.5 Å². The van der Waals surface area contributed by atoms with Gasteiger partial charge in [0.1, 0.15) is 6.10 Å². The third-order valence-electron chi connectivity index (χ3n) is 3.29. The Morgan fingerprint density at radius 3 is 2.20 bits per heavy atom. The van der Waals surface area contributed by atoms with Crippen LogP contribution < -0.4 is 5.32 Å². The van der Waals surface area contributed by atoms with Gasteiger partial charge in [0.05, 0.1) is 19.3 Å². The Balaban J connectivity index is 2.70. The van der Waals surface area contributed by atoms with Crippen molar-refractivity contribution >= 4 is 11.9 Å². The van der Waals surface area contributed by atoms with Gasteiger partial charge in [0.15, 0.2) is 5.78 Å². The minimum atomic E-state index is -0.572. The summed E-state index contributed by atoms with van der Waals surface area (Å²) in [4.78, 5) is 24.4. The van der Waals surface area contributed by atoms with Crippen LogP contribution >= 0.6 is 0 Å². The summed E-state index contributed by atoms with van der Waals surface area (Å²) in [6.07, 6.45) is -0.0423. The Hall–Kier alpha value is -1.10. The molecule has 1 amide bonds. The number of hydrogen-bond donors (Lipinski definition) is 1. The lowest BCUT2D eigenvalue weighted by atomic mass is 9.76. The molecular formula is C15H27NO4. The molecule has 0 aromatic carbocycles. The van der Waals surface area contributed by atoms with Gasteiger partial charge in [-0.1, -0.05) is 41.5 Å². The van der Waals surface area contributed by atoms with E-state index in [9.17, 15) is 9.59 Å². The predicted octanol–water partition coefficient (Wildman–Crippen LogP) is 2.53. The number of alkyl carbamates (subject to hydrolysis) is 1. The molecule has 1 rings (SSSR count). The van der Waals surface area contributed by atoms with Gasteiger partial charge in [-0.2, -0.15) is 0 Å². The van der Waals surface area contributed by atoms with E-state index in [1.54, 1.807) is 0 Å². The minimum absolute atomic E-state index is 0.00428. The summed E-state index contributed by atoms with van der Waals surface area (Å²) < 4.78 is 10.4. The highest BCUT2D eigenvalue weighted by Gasteiger charge is 2.39. The molecular weight excluding hydrogens is 258 g/mol. The first kappa shape index (κ1) is 17.0. The van der Waals surface area contributed by atoms with Crippen LogP contribution in [0.4, 0.5) is 4.79 Å². The first-order valence-electron chi connectivity index (χ1n) is 7.11. The van der Waals surface area contributed by atoms with Gasteiger partial charge >= 0.3 is 6.09 Å². The summed E-state index contributed by atoms with van der Waals surface area (Å²) in [7, 11) is 0. The van der Waals surface area contributed by atoms with Crippen LogP contribution in [0, 0.1) is 10.8 Å². The quantitative estimate of drug-likeness (QED) is 0.865. The van der Waals surface area contributed by atoms with Crippen LogP contribution in [0.1, 0.15) is 48.0 Å². The van der Waals surface area contributed by atoms with E-state index < -0.39 is 17.6 Å². The lowest BCUT2D eigenvalue weighted by Crippen LogP contribution is -2.53. The van der Waals surface area contributed by atoms with Gasteiger partial charge in [-0.15, -0.1) is 0 Å². The maximum Gasteiger partial charge on any atom is 0.408 e. The topological polar surface area (TPSA) is 64.6 Å². The van der Waals surface area contributed by atoms with E-state index in [2.05, 4.69) is 5.32 Å². The Labute approximate surface area is 121 Å². The standard InChI is InChI=1S/C15H27NO4/c1-14(2,3)11(12(17)15(4,5)6)16-13(18)20-10-7-8-19-9-10/h10-11H,7-9H2,1-6H3,(H,16,18). The van der Waals surface area contributed by atoms with Crippen LogP contribution in [0.2, 0.25) is 0 Å². The number of Topliss-reactive ketones (excluding diaryl/α,β-unsaturated/α-hetero) is 1. The van der Waals surface area contributed by atoms with Crippen molar-refractivity contribution in [1.29, 1.82) is 0 Å². The van der Waals surface area contributed by atoms with Crippen molar-refractivity contribution < 1.29 is 19.1 Å². The molecule has 1 aliphatic rings. The highest BCUT2D eigenvalue weighted by Crippen LogP contribution is 2.27. The van der Waals surface area contributed by atoms with Gasteiger partial charge in [-0.25, -0.2) is 4.79 Å². The van der Waals surface area contributed by atoms with E-state index in [1.165, 1.54) is 0 Å². The molecule has 1 saturated heterocycles. The van der Waals surface area contributed by atoms with Gasteiger partial charge in [0.2, 0.25) is 0 Å². The molecule has 0 radical (unpaired) electrons. The first-order valence-corrected chi connectivity index (χ1v) is 7.11. The zero-order valence-corrected chi connectivity index (χ0v) is 13.4. The third kappa shape index (κ3) is 4.78. The average Bonchev–Trinajstić information content (AvgIpc) is 2.74. The second-order valence-corrected chi connectivity index (χ2v) is 7.45. The molecule has 2 unspecified atom stereocenters. The van der Waals surface area contributed by atoms with Crippen molar-refractivity contribution in [2.45, 2.75) is 60.1 Å². The van der Waals surface area contributed by atoms with Crippen LogP contribution in [0.15, 0.2) is 0 Å². The fourth-order valence-corrected chi connectivity index (χ4v) is 2.02. The molecule has 0 aromatic rings. The summed E-state index contributed by atoms with van der Waals surface area (Å²) in [6.45, 7) is 12.4. The zero-order valence-electron chi connectivity index (χ0n) is 13.4. The molecule has 5 nitrogen and oxygen atoms in total. The molecule has 0 bridgehead atoms. The number of nitrogens with one attached hydrogen (secondary N) is 1. The number of ether oxygens (including phenoxy) is 2. The minimum Gasteiger partial charge on any atom is -0.444 e. The fraction of sp³-hybridized carbons (Fsp3) is 0.867. The first-order chi connectivity index (χ1) is 9.01. The lowest BCUT2D eigenvalue weighted by molar-refractivity contribution is -0.130. The van der Waals surface area contributed by atoms with Crippen molar-refractivity contribution in [3.8, 4) is 0 Å². The maximum absolute atomic E-state index is 12.5. The summed E-state index contributed by atoms with van der Waals surface area (Å²) in [5.74, 6) is 0.00428. The van der Waals surface area contributed by atoms with Crippen molar-refractivity contribution in [3.05, 3.63) is 0 Å². The van der Waals surface area contributed by atoms with Gasteiger partial charge < -0.3 is 14.8 Å². The molecule has 20 heavy (non-hydrogen) atoms. The largest absolute Gasteiger partial charge is 0.444 e. The van der Waals surface area contributed by atoms with E-state index in [4.69, 9.17) is 9.47 Å². The zero-order chi connectivity index (χ0) is 15.6. The Bertz CT molecular complexity index is 359. The fourth-order valence-electron chi connectivity index (χ4n) is 2.02. The Kier molecular flexibility index (Phi) is 5.19. The molecule has 116 valence electrons. The maximum atomic E-state index is 12.5. The molecule has 0 spiro atoms. The smallest absolute Gasteiger partial charge is 0.408 e. The normalized spacial score (nSPS) is 21.4. The second-order valence-electron chi connectivity index (χ2n) is 7.45. The molecule has 1 heterocycles. The number of amides is 1.